The fourth-order valence-electron chi connectivity index (χ4n) is 1.01. The lowest BCUT2D eigenvalue weighted by Gasteiger charge is -2.03. The van der Waals surface area contributed by atoms with E-state index in [0.717, 1.165) is 0 Å². The topological polar surface area (TPSA) is 58.9 Å². The average molecular weight is 193 g/mol. The highest BCUT2D eigenvalue weighted by Crippen LogP contribution is 2.02. The molecule has 4 heteroatoms. The van der Waals surface area contributed by atoms with Crippen LogP contribution in [-0.2, 0) is 9.53 Å². The van der Waals surface area contributed by atoms with Crippen LogP contribution in [0.25, 0.3) is 0 Å². The molecule has 0 aliphatic rings. The Morgan fingerprint density at radius 1 is 1.43 bits per heavy atom. The first-order chi connectivity index (χ1) is 6.79. The largest absolute Gasteiger partial charge is 0.461 e. The zero-order chi connectivity index (χ0) is 10.4. The molecule has 0 bridgehead atoms. The molecule has 4 nitrogen and oxygen atoms in total. The lowest BCUT2D eigenvalue weighted by Crippen LogP contribution is -2.18. The van der Waals surface area contributed by atoms with Crippen molar-refractivity contribution in [2.75, 3.05) is 6.61 Å². The summed E-state index contributed by atoms with van der Waals surface area (Å²) in [7, 11) is 0. The Balaban J connectivity index is 2.89. The maximum absolute atomic E-state index is 11.3. The first-order valence-corrected chi connectivity index (χ1v) is 4.24. The van der Waals surface area contributed by atoms with Gasteiger partial charge in [-0.25, -0.2) is 4.79 Å². The van der Waals surface area contributed by atoms with E-state index in [0.29, 0.717) is 5.56 Å². The van der Waals surface area contributed by atoms with Gasteiger partial charge >= 0.3 is 5.97 Å². The van der Waals surface area contributed by atoms with Gasteiger partial charge in [0.1, 0.15) is 0 Å². The summed E-state index contributed by atoms with van der Waals surface area (Å²) >= 11 is 0. The van der Waals surface area contributed by atoms with Gasteiger partial charge < -0.3 is 9.94 Å². The second kappa shape index (κ2) is 5.01. The SMILES string of the molecule is CCOC(=O)C(=NO)c1ccccc1. The smallest absolute Gasteiger partial charge is 0.361 e. The molecule has 0 aromatic heterocycles. The van der Waals surface area contributed by atoms with Crippen molar-refractivity contribution in [3.8, 4) is 0 Å². The second-order valence-electron chi connectivity index (χ2n) is 2.54. The van der Waals surface area contributed by atoms with Gasteiger partial charge in [0.2, 0.25) is 0 Å². The van der Waals surface area contributed by atoms with Crippen molar-refractivity contribution in [1.29, 1.82) is 0 Å². The van der Waals surface area contributed by atoms with E-state index in [1.807, 2.05) is 6.07 Å². The molecule has 1 N–H and O–H groups in total. The highest BCUT2D eigenvalue weighted by atomic mass is 16.5. The van der Waals surface area contributed by atoms with Crippen LogP contribution in [0.15, 0.2) is 35.5 Å². The first-order valence-electron chi connectivity index (χ1n) is 4.24. The lowest BCUT2D eigenvalue weighted by molar-refractivity contribution is -0.135. The van der Waals surface area contributed by atoms with E-state index in [2.05, 4.69) is 5.16 Å². The van der Waals surface area contributed by atoms with E-state index in [9.17, 15) is 4.79 Å². The molecular formula is C10H11NO3. The van der Waals surface area contributed by atoms with E-state index in [4.69, 9.17) is 9.94 Å². The van der Waals surface area contributed by atoms with Gasteiger partial charge in [0.25, 0.3) is 0 Å². The number of ether oxygens (including phenoxy) is 1. The Labute approximate surface area is 81.8 Å². The molecule has 0 fully saturated rings. The Hall–Kier alpha value is -1.84. The van der Waals surface area contributed by atoms with Gasteiger partial charge in [0, 0.05) is 5.56 Å². The van der Waals surface area contributed by atoms with Crippen molar-refractivity contribution in [3.63, 3.8) is 0 Å². The fourth-order valence-corrected chi connectivity index (χ4v) is 1.01. The summed E-state index contributed by atoms with van der Waals surface area (Å²) in [4.78, 5) is 11.3. The Morgan fingerprint density at radius 3 is 2.57 bits per heavy atom. The molecule has 0 aliphatic carbocycles. The minimum Gasteiger partial charge on any atom is -0.461 e. The van der Waals surface area contributed by atoms with Crippen LogP contribution in [0.1, 0.15) is 12.5 Å². The van der Waals surface area contributed by atoms with Crippen LogP contribution in [0.5, 0.6) is 0 Å². The normalized spacial score (nSPS) is 11.1. The number of hydrogen-bond donors (Lipinski definition) is 1. The molecule has 1 aromatic rings. The second-order valence-corrected chi connectivity index (χ2v) is 2.54. The van der Waals surface area contributed by atoms with Gasteiger partial charge in [-0.2, -0.15) is 0 Å². The van der Waals surface area contributed by atoms with Crippen LogP contribution in [-0.4, -0.2) is 23.5 Å². The highest BCUT2D eigenvalue weighted by Gasteiger charge is 2.14. The van der Waals surface area contributed by atoms with Gasteiger partial charge in [0.05, 0.1) is 6.61 Å². The molecule has 0 saturated heterocycles. The number of esters is 1. The third-order valence-electron chi connectivity index (χ3n) is 1.62. The van der Waals surface area contributed by atoms with Crippen LogP contribution in [0.3, 0.4) is 0 Å². The molecule has 0 amide bonds. The molecule has 74 valence electrons. The number of benzene rings is 1. The Morgan fingerprint density at radius 2 is 2.07 bits per heavy atom. The standard InChI is InChI=1S/C10H11NO3/c1-2-14-10(12)9(11-13)8-6-4-3-5-7-8/h3-7,13H,2H2,1H3. The van der Waals surface area contributed by atoms with Crippen molar-refractivity contribution >= 4 is 11.7 Å². The Bertz CT molecular complexity index is 332. The maximum atomic E-state index is 11.3. The summed E-state index contributed by atoms with van der Waals surface area (Å²) in [5, 5.41) is 11.6. The molecule has 0 saturated carbocycles. The van der Waals surface area contributed by atoms with Crippen molar-refractivity contribution in [2.45, 2.75) is 6.92 Å². The zero-order valence-corrected chi connectivity index (χ0v) is 7.80. The molecule has 0 aliphatic heterocycles. The van der Waals surface area contributed by atoms with Gasteiger partial charge in [-0.3, -0.25) is 0 Å². The van der Waals surface area contributed by atoms with E-state index in [1.54, 1.807) is 31.2 Å². The number of oxime groups is 1. The molecule has 0 heterocycles. The van der Waals surface area contributed by atoms with Crippen LogP contribution in [0, 0.1) is 0 Å². The fraction of sp³-hybridized carbons (Fsp3) is 0.200. The third kappa shape index (κ3) is 2.32. The van der Waals surface area contributed by atoms with Crippen molar-refractivity contribution in [1.82, 2.24) is 0 Å². The van der Waals surface area contributed by atoms with E-state index >= 15 is 0 Å². The van der Waals surface area contributed by atoms with Gasteiger partial charge in [0.15, 0.2) is 5.71 Å². The molecule has 0 radical (unpaired) electrons. The number of nitrogens with zero attached hydrogens (tertiary/aromatic N) is 1. The van der Waals surface area contributed by atoms with Crippen molar-refractivity contribution in [2.24, 2.45) is 5.16 Å². The van der Waals surface area contributed by atoms with Gasteiger partial charge in [-0.15, -0.1) is 0 Å². The van der Waals surface area contributed by atoms with Crippen LogP contribution >= 0.6 is 0 Å². The van der Waals surface area contributed by atoms with Crippen LogP contribution in [0.4, 0.5) is 0 Å². The molecule has 1 rings (SSSR count). The average Bonchev–Trinajstić information content (AvgIpc) is 2.21. The summed E-state index contributed by atoms with van der Waals surface area (Å²) in [6.07, 6.45) is 0. The van der Waals surface area contributed by atoms with Gasteiger partial charge in [-0.05, 0) is 6.92 Å². The summed E-state index contributed by atoms with van der Waals surface area (Å²) < 4.78 is 4.72. The number of rotatable bonds is 3. The first kappa shape index (κ1) is 10.2. The minimum absolute atomic E-state index is 0.0764. The predicted octanol–water partition coefficient (Wildman–Crippen LogP) is 1.43. The number of carbonyl (C=O) groups is 1. The predicted molar refractivity (Wildman–Crippen MR) is 51.4 cm³/mol. The molecule has 0 spiro atoms. The molecule has 1 aromatic carbocycles. The number of carbonyl (C=O) groups excluding carboxylic acids is 1. The molecular weight excluding hydrogens is 182 g/mol. The van der Waals surface area contributed by atoms with Crippen molar-refractivity contribution in [3.05, 3.63) is 35.9 Å². The zero-order valence-electron chi connectivity index (χ0n) is 7.80. The lowest BCUT2D eigenvalue weighted by atomic mass is 10.1. The number of hydrogen-bond acceptors (Lipinski definition) is 4. The van der Waals surface area contributed by atoms with Crippen molar-refractivity contribution < 1.29 is 14.7 Å². The molecule has 14 heavy (non-hydrogen) atoms. The summed E-state index contributed by atoms with van der Waals surface area (Å²) in [5.74, 6) is -0.624. The third-order valence-corrected chi connectivity index (χ3v) is 1.62. The summed E-state index contributed by atoms with van der Waals surface area (Å²) in [6, 6.07) is 8.65. The quantitative estimate of drug-likeness (QED) is 0.342. The summed E-state index contributed by atoms with van der Waals surface area (Å²) in [5.41, 5.74) is 0.459. The van der Waals surface area contributed by atoms with Gasteiger partial charge in [-0.1, -0.05) is 35.5 Å². The monoisotopic (exact) mass is 193 g/mol. The van der Waals surface area contributed by atoms with E-state index in [1.165, 1.54) is 0 Å². The van der Waals surface area contributed by atoms with E-state index in [-0.39, 0.29) is 12.3 Å². The minimum atomic E-state index is -0.624. The Kier molecular flexibility index (Phi) is 3.67. The maximum Gasteiger partial charge on any atom is 0.361 e. The van der Waals surface area contributed by atoms with E-state index < -0.39 is 5.97 Å². The summed E-state index contributed by atoms with van der Waals surface area (Å²) in [6.45, 7) is 1.95. The molecule has 0 unspecified atom stereocenters. The molecule has 0 atom stereocenters. The van der Waals surface area contributed by atoms with Crippen LogP contribution < -0.4 is 0 Å². The highest BCUT2D eigenvalue weighted by molar-refractivity contribution is 6.43. The van der Waals surface area contributed by atoms with Crippen LogP contribution in [0.2, 0.25) is 0 Å².